The van der Waals surface area contributed by atoms with Gasteiger partial charge in [0, 0.05) is 44.0 Å². The monoisotopic (exact) mass is 547 g/mol. The number of halogens is 1. The number of aromatic nitrogens is 5. The zero-order valence-corrected chi connectivity index (χ0v) is 23.4. The highest BCUT2D eigenvalue weighted by molar-refractivity contribution is 6.33. The molecule has 10 heteroatoms. The summed E-state index contributed by atoms with van der Waals surface area (Å²) in [6, 6.07) is 10.3. The Bertz CT molecular complexity index is 1490. The number of piperazine rings is 1. The number of nitrogens with one attached hydrogen (secondary N) is 1. The van der Waals surface area contributed by atoms with Crippen molar-refractivity contribution < 1.29 is 9.47 Å². The Balaban J connectivity index is 1.31. The number of fused-ring (bicyclic) bond motifs is 1. The summed E-state index contributed by atoms with van der Waals surface area (Å²) in [5, 5.41) is 3.98. The summed E-state index contributed by atoms with van der Waals surface area (Å²) in [4.78, 5) is 21.0. The van der Waals surface area contributed by atoms with Crippen LogP contribution in [-0.4, -0.2) is 73.8 Å². The fraction of sp³-hybridized carbons (Fsp3) is 0.448. The molecule has 0 bridgehead atoms. The van der Waals surface area contributed by atoms with Gasteiger partial charge < -0.3 is 19.4 Å². The van der Waals surface area contributed by atoms with E-state index in [9.17, 15) is 0 Å². The van der Waals surface area contributed by atoms with Gasteiger partial charge in [0.25, 0.3) is 0 Å². The van der Waals surface area contributed by atoms with Gasteiger partial charge in [0.05, 0.1) is 17.3 Å². The molecule has 9 nitrogen and oxygen atoms in total. The molecular weight excluding hydrogens is 514 g/mol. The number of pyridine rings is 1. The van der Waals surface area contributed by atoms with Crippen molar-refractivity contribution in [2.75, 3.05) is 32.8 Å². The summed E-state index contributed by atoms with van der Waals surface area (Å²) < 4.78 is 14.4. The second kappa shape index (κ2) is 10.7. The summed E-state index contributed by atoms with van der Waals surface area (Å²) in [6.45, 7) is 11.4. The third-order valence-electron chi connectivity index (χ3n) is 7.56. The molecule has 4 heterocycles. The van der Waals surface area contributed by atoms with Gasteiger partial charge in [-0.25, -0.2) is 9.97 Å². The first-order chi connectivity index (χ1) is 18.9. The molecule has 1 aromatic carbocycles. The van der Waals surface area contributed by atoms with Crippen LogP contribution in [0, 0.1) is 6.92 Å². The van der Waals surface area contributed by atoms with Crippen LogP contribution in [-0.2, 0) is 6.54 Å². The summed E-state index contributed by atoms with van der Waals surface area (Å²) in [7, 11) is 0. The third kappa shape index (κ3) is 5.71. The van der Waals surface area contributed by atoms with Gasteiger partial charge in [-0.15, -0.1) is 0 Å². The first-order valence-electron chi connectivity index (χ1n) is 13.6. The van der Waals surface area contributed by atoms with Crippen LogP contribution in [0.4, 0.5) is 0 Å². The Hall–Kier alpha value is -3.27. The topological polar surface area (TPSA) is 90.2 Å². The SMILES string of the molecule is Cc1ccnc(Cn2c(-c3ccc(OCCN4CCNC[C@@H]4C)cc3Cl)nc3c(OC4(C)CC4)ncnc32)c1. The van der Waals surface area contributed by atoms with E-state index < -0.39 is 0 Å². The quantitative estimate of drug-likeness (QED) is 0.327. The van der Waals surface area contributed by atoms with Gasteiger partial charge in [-0.1, -0.05) is 11.6 Å². The lowest BCUT2D eigenvalue weighted by molar-refractivity contribution is 0.143. The number of nitrogens with zero attached hydrogens (tertiary/aromatic N) is 6. The van der Waals surface area contributed by atoms with E-state index in [4.69, 9.17) is 26.1 Å². The molecule has 1 saturated carbocycles. The molecule has 2 aliphatic rings. The molecule has 6 rings (SSSR count). The number of benzene rings is 1. The third-order valence-corrected chi connectivity index (χ3v) is 7.87. The molecule has 2 fully saturated rings. The van der Waals surface area contributed by atoms with E-state index in [-0.39, 0.29) is 5.60 Å². The van der Waals surface area contributed by atoms with Crippen molar-refractivity contribution in [1.82, 2.24) is 34.7 Å². The Morgan fingerprint density at radius 1 is 1.15 bits per heavy atom. The molecule has 1 saturated heterocycles. The van der Waals surface area contributed by atoms with Crippen LogP contribution in [0.5, 0.6) is 11.6 Å². The van der Waals surface area contributed by atoms with E-state index in [1.807, 2.05) is 35.0 Å². The number of hydrogen-bond donors (Lipinski definition) is 1. The summed E-state index contributed by atoms with van der Waals surface area (Å²) >= 11 is 6.86. The second-order valence-corrected chi connectivity index (χ2v) is 11.2. The van der Waals surface area contributed by atoms with Crippen molar-refractivity contribution in [1.29, 1.82) is 0 Å². The lowest BCUT2D eigenvalue weighted by atomic mass is 10.2. The van der Waals surface area contributed by atoms with Crippen LogP contribution in [0.1, 0.15) is 37.9 Å². The van der Waals surface area contributed by atoms with Crippen LogP contribution in [0.2, 0.25) is 5.02 Å². The molecule has 1 aliphatic heterocycles. The lowest BCUT2D eigenvalue weighted by Gasteiger charge is -2.33. The summed E-state index contributed by atoms with van der Waals surface area (Å²) in [5.41, 5.74) is 3.94. The molecule has 0 amide bonds. The average Bonchev–Trinajstić information content (AvgIpc) is 3.53. The van der Waals surface area contributed by atoms with Crippen molar-refractivity contribution in [2.45, 2.75) is 51.8 Å². The maximum atomic E-state index is 6.86. The van der Waals surface area contributed by atoms with E-state index in [2.05, 4.69) is 52.0 Å². The highest BCUT2D eigenvalue weighted by Gasteiger charge is 2.41. The van der Waals surface area contributed by atoms with Gasteiger partial charge in [0.15, 0.2) is 11.2 Å². The minimum absolute atomic E-state index is 0.192. The van der Waals surface area contributed by atoms with Crippen molar-refractivity contribution in [3.63, 3.8) is 0 Å². The molecule has 204 valence electrons. The Kier molecular flexibility index (Phi) is 7.14. The van der Waals surface area contributed by atoms with Gasteiger partial charge in [0.2, 0.25) is 5.88 Å². The molecule has 3 aromatic heterocycles. The fourth-order valence-corrected chi connectivity index (χ4v) is 5.22. The maximum Gasteiger partial charge on any atom is 0.245 e. The second-order valence-electron chi connectivity index (χ2n) is 10.8. The van der Waals surface area contributed by atoms with Gasteiger partial charge >= 0.3 is 0 Å². The fourth-order valence-electron chi connectivity index (χ4n) is 4.97. The van der Waals surface area contributed by atoms with E-state index in [0.717, 1.165) is 61.6 Å². The number of aryl methyl sites for hydroxylation is 1. The zero-order valence-electron chi connectivity index (χ0n) is 22.7. The molecule has 1 N–H and O–H groups in total. The van der Waals surface area contributed by atoms with E-state index >= 15 is 0 Å². The first-order valence-corrected chi connectivity index (χ1v) is 14.0. The summed E-state index contributed by atoms with van der Waals surface area (Å²) in [5.74, 6) is 1.92. The first kappa shape index (κ1) is 26.0. The lowest BCUT2D eigenvalue weighted by Crippen LogP contribution is -2.50. The van der Waals surface area contributed by atoms with E-state index in [1.54, 1.807) is 0 Å². The standard InChI is InChI=1S/C29H34ClN7O2/c1-19-6-9-32-21(14-19)17-37-26(35-25-27(37)33-18-34-28(25)39-29(3)7-8-29)23-5-4-22(15-24(23)30)38-13-12-36-11-10-31-16-20(36)2/h4-6,9,14-15,18,20,31H,7-8,10-13,16-17H2,1-3H3/t20-/m0/s1. The number of hydrogen-bond acceptors (Lipinski definition) is 8. The van der Waals surface area contributed by atoms with Crippen molar-refractivity contribution in [2.24, 2.45) is 0 Å². The Labute approximate surface area is 233 Å². The van der Waals surface area contributed by atoms with Crippen LogP contribution in [0.25, 0.3) is 22.6 Å². The van der Waals surface area contributed by atoms with Crippen molar-refractivity contribution in [3.05, 3.63) is 59.1 Å². The smallest absolute Gasteiger partial charge is 0.245 e. The van der Waals surface area contributed by atoms with Gasteiger partial charge in [-0.3, -0.25) is 9.88 Å². The van der Waals surface area contributed by atoms with Crippen LogP contribution in [0.3, 0.4) is 0 Å². The highest BCUT2D eigenvalue weighted by Crippen LogP contribution is 2.41. The Morgan fingerprint density at radius 3 is 2.79 bits per heavy atom. The van der Waals surface area contributed by atoms with E-state index in [1.165, 1.54) is 6.33 Å². The average molecular weight is 548 g/mol. The van der Waals surface area contributed by atoms with Gasteiger partial charge in [-0.2, -0.15) is 4.98 Å². The predicted molar refractivity (Wildman–Crippen MR) is 152 cm³/mol. The maximum absolute atomic E-state index is 6.86. The van der Waals surface area contributed by atoms with E-state index in [0.29, 0.717) is 47.1 Å². The number of rotatable bonds is 9. The van der Waals surface area contributed by atoms with Gasteiger partial charge in [0.1, 0.15) is 30.1 Å². The summed E-state index contributed by atoms with van der Waals surface area (Å²) in [6.07, 6.45) is 5.36. The van der Waals surface area contributed by atoms with Crippen LogP contribution in [0.15, 0.2) is 42.9 Å². The Morgan fingerprint density at radius 2 is 2.03 bits per heavy atom. The molecule has 0 radical (unpaired) electrons. The normalized spacial score (nSPS) is 18.8. The molecule has 1 atom stereocenters. The van der Waals surface area contributed by atoms with Gasteiger partial charge in [-0.05, 0) is 69.5 Å². The predicted octanol–water partition coefficient (Wildman–Crippen LogP) is 4.50. The number of imidazole rings is 1. The molecular formula is C29H34ClN7O2. The largest absolute Gasteiger partial charge is 0.492 e. The molecule has 39 heavy (non-hydrogen) atoms. The van der Waals surface area contributed by atoms with Crippen LogP contribution < -0.4 is 14.8 Å². The molecule has 0 spiro atoms. The zero-order chi connectivity index (χ0) is 27.0. The van der Waals surface area contributed by atoms with Crippen molar-refractivity contribution in [3.8, 4) is 23.0 Å². The number of ether oxygens (including phenoxy) is 2. The van der Waals surface area contributed by atoms with Crippen molar-refractivity contribution >= 4 is 22.8 Å². The molecule has 1 aliphatic carbocycles. The molecule has 0 unspecified atom stereocenters. The highest BCUT2D eigenvalue weighted by atomic mass is 35.5. The minimum atomic E-state index is -0.192. The molecule has 4 aromatic rings. The van der Waals surface area contributed by atoms with Crippen LogP contribution >= 0.6 is 11.6 Å². The minimum Gasteiger partial charge on any atom is -0.492 e.